The van der Waals surface area contributed by atoms with Gasteiger partial charge in [-0.2, -0.15) is 0 Å². The van der Waals surface area contributed by atoms with E-state index in [1.807, 2.05) is 66.7 Å². The summed E-state index contributed by atoms with van der Waals surface area (Å²) in [5, 5.41) is 5.29. The average molecular weight is 493 g/mol. The highest BCUT2D eigenvalue weighted by molar-refractivity contribution is 6.10. The summed E-state index contributed by atoms with van der Waals surface area (Å²) < 4.78 is 10.3. The lowest BCUT2D eigenvalue weighted by Crippen LogP contribution is -2.43. The summed E-state index contributed by atoms with van der Waals surface area (Å²) in [5.74, 6) is 0.0587. The molecule has 3 heterocycles. The fourth-order valence-corrected chi connectivity index (χ4v) is 4.88. The van der Waals surface area contributed by atoms with Crippen LogP contribution < -0.4 is 10.1 Å². The maximum Gasteiger partial charge on any atom is 0.356 e. The van der Waals surface area contributed by atoms with Gasteiger partial charge in [0.25, 0.3) is 5.91 Å². The number of nitrogens with one attached hydrogen (secondary N) is 2. The molecule has 0 radical (unpaired) electrons. The van der Waals surface area contributed by atoms with E-state index in [1.165, 1.54) is 7.11 Å². The lowest BCUT2D eigenvalue weighted by Gasteiger charge is -2.38. The summed E-state index contributed by atoms with van der Waals surface area (Å²) in [6.07, 6.45) is -0.648. The molecule has 37 heavy (non-hydrogen) atoms. The number of hydrogen-bond donors (Lipinski definition) is 2. The van der Waals surface area contributed by atoms with Gasteiger partial charge in [0.05, 0.1) is 25.3 Å². The van der Waals surface area contributed by atoms with E-state index in [4.69, 9.17) is 14.5 Å². The van der Waals surface area contributed by atoms with Crippen molar-refractivity contribution in [2.45, 2.75) is 12.7 Å². The number of hydrogen-bond acceptors (Lipinski definition) is 6. The number of ether oxygens (including phenoxy) is 2. The number of anilines is 1. The first-order valence-electron chi connectivity index (χ1n) is 11.9. The number of aromatic amines is 1. The van der Waals surface area contributed by atoms with Crippen LogP contribution in [0.4, 0.5) is 5.69 Å². The second-order valence-electron chi connectivity index (χ2n) is 8.85. The summed E-state index contributed by atoms with van der Waals surface area (Å²) in [7, 11) is 2.95. The highest BCUT2D eigenvalue weighted by atomic mass is 16.5. The van der Waals surface area contributed by atoms with E-state index in [2.05, 4.69) is 10.3 Å². The topological polar surface area (TPSA) is 96.5 Å². The molecule has 1 aliphatic heterocycles. The average Bonchev–Trinajstić information content (AvgIpc) is 3.32. The maximum absolute atomic E-state index is 13.8. The van der Waals surface area contributed by atoms with Gasteiger partial charge in [0, 0.05) is 28.5 Å². The molecule has 5 aromatic rings. The number of methoxy groups -OCH3 is 2. The summed E-state index contributed by atoms with van der Waals surface area (Å²) in [6.45, 7) is 0.320. The number of fused-ring (bicyclic) bond motifs is 4. The van der Waals surface area contributed by atoms with Crippen molar-refractivity contribution in [3.63, 3.8) is 0 Å². The predicted octanol–water partition coefficient (Wildman–Crippen LogP) is 5.28. The van der Waals surface area contributed by atoms with Crippen LogP contribution in [-0.4, -0.2) is 41.0 Å². The molecule has 2 N–H and O–H groups in total. The summed E-state index contributed by atoms with van der Waals surface area (Å²) in [5.41, 5.74) is 4.57. The van der Waals surface area contributed by atoms with Gasteiger partial charge in [-0.05, 0) is 42.0 Å². The number of esters is 1. The van der Waals surface area contributed by atoms with Crippen LogP contribution in [0.1, 0.15) is 38.3 Å². The number of aromatic nitrogens is 2. The molecule has 0 saturated carbocycles. The first-order valence-corrected chi connectivity index (χ1v) is 11.9. The highest BCUT2D eigenvalue weighted by Crippen LogP contribution is 2.38. The van der Waals surface area contributed by atoms with Crippen LogP contribution in [0.3, 0.4) is 0 Å². The Balaban J connectivity index is 1.55. The first-order chi connectivity index (χ1) is 18.1. The lowest BCUT2D eigenvalue weighted by atomic mass is 10.0. The summed E-state index contributed by atoms with van der Waals surface area (Å²) in [4.78, 5) is 36.4. The van der Waals surface area contributed by atoms with Crippen molar-refractivity contribution < 1.29 is 19.1 Å². The fourth-order valence-electron chi connectivity index (χ4n) is 4.88. The fraction of sp³-hybridized carbons (Fsp3) is 0.138. The predicted molar refractivity (Wildman–Crippen MR) is 141 cm³/mol. The summed E-state index contributed by atoms with van der Waals surface area (Å²) in [6, 6.07) is 24.6. The number of carbonyl (C=O) groups excluding carboxylic acids is 2. The molecule has 0 saturated heterocycles. The third-order valence-electron chi connectivity index (χ3n) is 6.71. The molecule has 184 valence electrons. The standard InChI is InChI=1S/C29H24N4O4/c1-36-18-13-11-17(12-14-18)16-33-27(32-23-10-6-4-8-20(23)28(33)34)26-25-21(15-24(31-26)29(35)37-2)19-7-3-5-9-22(19)30-25/h3-15,27,30,32H,16H2,1-2H3. The number of nitrogens with zero attached hydrogens (tertiary/aromatic N) is 2. The van der Waals surface area contributed by atoms with Gasteiger partial charge in [0.2, 0.25) is 0 Å². The van der Waals surface area contributed by atoms with Gasteiger partial charge in [0.1, 0.15) is 23.3 Å². The largest absolute Gasteiger partial charge is 0.497 e. The molecule has 0 bridgehead atoms. The van der Waals surface area contributed by atoms with Crippen molar-refractivity contribution in [3.05, 3.63) is 101 Å². The molecule has 8 heteroatoms. The SMILES string of the molecule is COC(=O)c1cc2c([nH]c3ccccc32)c(C2Nc3ccccc3C(=O)N2Cc2ccc(OC)cc2)n1. The molecular weight excluding hydrogens is 468 g/mol. The quantitative estimate of drug-likeness (QED) is 0.324. The van der Waals surface area contributed by atoms with Gasteiger partial charge in [-0.15, -0.1) is 0 Å². The van der Waals surface area contributed by atoms with Crippen molar-refractivity contribution in [1.29, 1.82) is 0 Å². The summed E-state index contributed by atoms with van der Waals surface area (Å²) >= 11 is 0. The van der Waals surface area contributed by atoms with Crippen LogP contribution in [0.2, 0.25) is 0 Å². The number of carbonyl (C=O) groups is 2. The number of benzene rings is 3. The molecule has 6 rings (SSSR count). The molecule has 0 spiro atoms. The van der Waals surface area contributed by atoms with Crippen molar-refractivity contribution in [2.24, 2.45) is 0 Å². The Morgan fingerprint density at radius 2 is 1.73 bits per heavy atom. The Hall–Kier alpha value is -4.85. The maximum atomic E-state index is 13.8. The molecule has 1 unspecified atom stereocenters. The second-order valence-corrected chi connectivity index (χ2v) is 8.85. The molecule has 1 aliphatic rings. The van der Waals surface area contributed by atoms with E-state index in [0.717, 1.165) is 33.1 Å². The molecule has 3 aromatic carbocycles. The van der Waals surface area contributed by atoms with Crippen molar-refractivity contribution >= 4 is 39.4 Å². The zero-order valence-corrected chi connectivity index (χ0v) is 20.3. The van der Waals surface area contributed by atoms with Crippen LogP contribution in [0.25, 0.3) is 21.8 Å². The zero-order chi connectivity index (χ0) is 25.5. The van der Waals surface area contributed by atoms with Crippen molar-refractivity contribution in [3.8, 4) is 5.75 Å². The van der Waals surface area contributed by atoms with Gasteiger partial charge in [-0.25, -0.2) is 9.78 Å². The molecule has 1 amide bonds. The van der Waals surface area contributed by atoms with Crippen LogP contribution in [0.5, 0.6) is 5.75 Å². The van der Waals surface area contributed by atoms with Gasteiger partial charge < -0.3 is 24.7 Å². The third kappa shape index (κ3) is 3.83. The van der Waals surface area contributed by atoms with Crippen LogP contribution in [0, 0.1) is 0 Å². The first kappa shape index (κ1) is 22.6. The van der Waals surface area contributed by atoms with Gasteiger partial charge in [0.15, 0.2) is 0 Å². The third-order valence-corrected chi connectivity index (χ3v) is 6.71. The normalized spacial score (nSPS) is 14.9. The van der Waals surface area contributed by atoms with E-state index in [9.17, 15) is 9.59 Å². The van der Waals surface area contributed by atoms with Crippen molar-refractivity contribution in [2.75, 3.05) is 19.5 Å². The smallest absolute Gasteiger partial charge is 0.356 e. The van der Waals surface area contributed by atoms with E-state index in [0.29, 0.717) is 23.5 Å². The van der Waals surface area contributed by atoms with E-state index in [1.54, 1.807) is 24.1 Å². The Morgan fingerprint density at radius 1 is 0.973 bits per heavy atom. The minimum absolute atomic E-state index is 0.135. The van der Waals surface area contributed by atoms with E-state index < -0.39 is 12.1 Å². The lowest BCUT2D eigenvalue weighted by molar-refractivity contribution is 0.0593. The monoisotopic (exact) mass is 492 g/mol. The van der Waals surface area contributed by atoms with Crippen LogP contribution in [0.15, 0.2) is 78.9 Å². The highest BCUT2D eigenvalue weighted by Gasteiger charge is 2.36. The molecular formula is C29H24N4O4. The number of pyridine rings is 1. The number of rotatable bonds is 5. The van der Waals surface area contributed by atoms with Gasteiger partial charge in [-0.3, -0.25) is 4.79 Å². The minimum Gasteiger partial charge on any atom is -0.497 e. The number of para-hydroxylation sites is 2. The Morgan fingerprint density at radius 3 is 2.51 bits per heavy atom. The van der Waals surface area contributed by atoms with E-state index in [-0.39, 0.29) is 11.6 Å². The minimum atomic E-state index is -0.648. The molecule has 0 fully saturated rings. The molecule has 1 atom stereocenters. The van der Waals surface area contributed by atoms with E-state index >= 15 is 0 Å². The van der Waals surface area contributed by atoms with Crippen LogP contribution >= 0.6 is 0 Å². The number of amides is 1. The van der Waals surface area contributed by atoms with Crippen molar-refractivity contribution in [1.82, 2.24) is 14.9 Å². The number of H-pyrrole nitrogens is 1. The van der Waals surface area contributed by atoms with Gasteiger partial charge in [-0.1, -0.05) is 42.5 Å². The zero-order valence-electron chi connectivity index (χ0n) is 20.3. The molecule has 0 aliphatic carbocycles. The van der Waals surface area contributed by atoms with Gasteiger partial charge >= 0.3 is 5.97 Å². The Kier molecular flexibility index (Phi) is 5.49. The Labute approximate surface area is 212 Å². The second kappa shape index (κ2) is 8.98. The Bertz CT molecular complexity index is 1660. The molecule has 2 aromatic heterocycles. The van der Waals surface area contributed by atoms with Crippen LogP contribution in [-0.2, 0) is 11.3 Å². The molecule has 8 nitrogen and oxygen atoms in total.